The lowest BCUT2D eigenvalue weighted by molar-refractivity contribution is -0.384. The molecule has 0 aromatic heterocycles. The molecule has 0 unspecified atom stereocenters. The molecule has 0 atom stereocenters. The van der Waals surface area contributed by atoms with Crippen LogP contribution in [-0.4, -0.2) is 4.92 Å². The van der Waals surface area contributed by atoms with Crippen molar-refractivity contribution in [2.24, 2.45) is 0 Å². The van der Waals surface area contributed by atoms with Crippen LogP contribution in [0.5, 0.6) is 5.75 Å². The molecular formula is C26H16Cl2N2O3. The van der Waals surface area contributed by atoms with E-state index in [2.05, 4.69) is 6.07 Å². The Hall–Kier alpha value is -3.85. The molecule has 0 N–H and O–H groups in total. The molecule has 0 amide bonds. The first-order chi connectivity index (χ1) is 16.0. The molecule has 0 saturated heterocycles. The van der Waals surface area contributed by atoms with Gasteiger partial charge in [-0.05, 0) is 45.7 Å². The highest BCUT2D eigenvalue weighted by atomic mass is 35.5. The average molecular weight is 475 g/mol. The van der Waals surface area contributed by atoms with Crippen molar-refractivity contribution in [3.05, 3.63) is 116 Å². The molecular weight excluding hydrogens is 459 g/mol. The predicted molar refractivity (Wildman–Crippen MR) is 131 cm³/mol. The van der Waals surface area contributed by atoms with E-state index in [4.69, 9.17) is 27.9 Å². The molecule has 0 saturated carbocycles. The highest BCUT2D eigenvalue weighted by molar-refractivity contribution is 6.37. The van der Waals surface area contributed by atoms with E-state index < -0.39 is 4.92 Å². The van der Waals surface area contributed by atoms with E-state index in [9.17, 15) is 15.4 Å². The Morgan fingerprint density at radius 1 is 1.00 bits per heavy atom. The Morgan fingerprint density at radius 3 is 2.42 bits per heavy atom. The van der Waals surface area contributed by atoms with Crippen LogP contribution in [0.15, 0.2) is 78.9 Å². The van der Waals surface area contributed by atoms with Crippen LogP contribution in [0.3, 0.4) is 0 Å². The summed E-state index contributed by atoms with van der Waals surface area (Å²) in [5.74, 6) is 0.345. The Kier molecular flexibility index (Phi) is 6.60. The van der Waals surface area contributed by atoms with Crippen molar-refractivity contribution in [1.82, 2.24) is 0 Å². The molecule has 0 spiro atoms. The zero-order chi connectivity index (χ0) is 23.4. The fourth-order valence-electron chi connectivity index (χ4n) is 3.50. The summed E-state index contributed by atoms with van der Waals surface area (Å²) in [4.78, 5) is 10.5. The third-order valence-corrected chi connectivity index (χ3v) is 5.63. The number of nitro benzene ring substituents is 1. The molecule has 0 bridgehead atoms. The first-order valence-corrected chi connectivity index (χ1v) is 10.7. The smallest absolute Gasteiger partial charge is 0.270 e. The number of benzene rings is 4. The highest BCUT2D eigenvalue weighted by Gasteiger charge is 2.13. The van der Waals surface area contributed by atoms with Crippen LogP contribution in [0.1, 0.15) is 16.7 Å². The number of rotatable bonds is 6. The summed E-state index contributed by atoms with van der Waals surface area (Å²) in [5.41, 5.74) is 2.15. The topological polar surface area (TPSA) is 76.2 Å². The average Bonchev–Trinajstić information content (AvgIpc) is 2.82. The van der Waals surface area contributed by atoms with Gasteiger partial charge < -0.3 is 4.74 Å². The quantitative estimate of drug-likeness (QED) is 0.124. The number of halogens is 2. The van der Waals surface area contributed by atoms with E-state index in [0.717, 1.165) is 16.3 Å². The second-order valence-corrected chi connectivity index (χ2v) is 8.03. The number of nitrogens with zero attached hydrogens (tertiary/aromatic N) is 2. The molecule has 0 aliphatic heterocycles. The van der Waals surface area contributed by atoms with E-state index >= 15 is 0 Å². The van der Waals surface area contributed by atoms with Crippen molar-refractivity contribution in [1.29, 1.82) is 5.26 Å². The summed E-state index contributed by atoms with van der Waals surface area (Å²) in [6, 6.07) is 25.2. The number of ether oxygens (including phenoxy) is 1. The van der Waals surface area contributed by atoms with Crippen LogP contribution in [0.2, 0.25) is 10.0 Å². The van der Waals surface area contributed by atoms with Gasteiger partial charge in [0.05, 0.1) is 26.6 Å². The van der Waals surface area contributed by atoms with Crippen molar-refractivity contribution in [2.75, 3.05) is 0 Å². The van der Waals surface area contributed by atoms with Gasteiger partial charge in [0.2, 0.25) is 0 Å². The van der Waals surface area contributed by atoms with E-state index in [0.29, 0.717) is 26.9 Å². The summed E-state index contributed by atoms with van der Waals surface area (Å²) in [7, 11) is 0. The number of nitriles is 1. The molecule has 0 radical (unpaired) electrons. The number of hydrogen-bond acceptors (Lipinski definition) is 4. The molecule has 7 heteroatoms. The van der Waals surface area contributed by atoms with E-state index in [1.807, 2.05) is 42.5 Å². The summed E-state index contributed by atoms with van der Waals surface area (Å²) in [6.07, 6.45) is 1.57. The van der Waals surface area contributed by atoms with Crippen molar-refractivity contribution in [3.63, 3.8) is 0 Å². The van der Waals surface area contributed by atoms with Gasteiger partial charge in [-0.2, -0.15) is 5.26 Å². The minimum atomic E-state index is -0.506. The van der Waals surface area contributed by atoms with E-state index in [1.54, 1.807) is 24.3 Å². The summed E-state index contributed by atoms with van der Waals surface area (Å²) < 4.78 is 5.95. The van der Waals surface area contributed by atoms with Crippen LogP contribution >= 0.6 is 23.2 Å². The van der Waals surface area contributed by atoms with Crippen LogP contribution in [-0.2, 0) is 6.61 Å². The third kappa shape index (κ3) is 4.98. The van der Waals surface area contributed by atoms with Crippen molar-refractivity contribution >= 4 is 51.3 Å². The van der Waals surface area contributed by atoms with Crippen molar-refractivity contribution in [3.8, 4) is 11.8 Å². The highest BCUT2D eigenvalue weighted by Crippen LogP contribution is 2.36. The van der Waals surface area contributed by atoms with Crippen LogP contribution in [0.25, 0.3) is 22.4 Å². The number of non-ortho nitro benzene ring substituents is 1. The predicted octanol–water partition coefficient (Wildman–Crippen LogP) is 7.70. The monoisotopic (exact) mass is 474 g/mol. The van der Waals surface area contributed by atoms with Gasteiger partial charge in [0.15, 0.2) is 5.75 Å². The summed E-state index contributed by atoms with van der Waals surface area (Å²) in [6.45, 7) is 0.285. The zero-order valence-corrected chi connectivity index (χ0v) is 18.7. The standard InChI is InChI=1S/C26H16Cl2N2O3/c27-24-12-17(11-21(15-29)19-7-4-9-22(14-19)30(31)32)13-25(28)26(24)33-16-20-8-3-6-18-5-1-2-10-23(18)20/h1-14H,16H2/b21-11-. The normalized spacial score (nSPS) is 11.2. The molecule has 4 aromatic carbocycles. The lowest BCUT2D eigenvalue weighted by Crippen LogP contribution is -1.98. The Labute approximate surface area is 200 Å². The van der Waals surface area contributed by atoms with Gasteiger partial charge in [-0.3, -0.25) is 10.1 Å². The fourth-order valence-corrected chi connectivity index (χ4v) is 4.12. The first kappa shape index (κ1) is 22.3. The summed E-state index contributed by atoms with van der Waals surface area (Å²) in [5, 5.41) is 23.4. The molecule has 0 heterocycles. The van der Waals surface area contributed by atoms with Crippen molar-refractivity contribution < 1.29 is 9.66 Å². The molecule has 4 aromatic rings. The van der Waals surface area contributed by atoms with Gasteiger partial charge in [0.1, 0.15) is 6.61 Å². The molecule has 0 aliphatic rings. The van der Waals surface area contributed by atoms with Crippen molar-refractivity contribution in [2.45, 2.75) is 6.61 Å². The maximum atomic E-state index is 11.0. The van der Waals surface area contributed by atoms with Gasteiger partial charge in [-0.1, -0.05) is 77.8 Å². The van der Waals surface area contributed by atoms with Crippen LogP contribution in [0, 0.1) is 21.4 Å². The number of nitro groups is 1. The maximum absolute atomic E-state index is 11.0. The second-order valence-electron chi connectivity index (χ2n) is 7.22. The second kappa shape index (κ2) is 9.74. The Bertz CT molecular complexity index is 1410. The van der Waals surface area contributed by atoms with E-state index in [1.165, 1.54) is 18.2 Å². The molecule has 5 nitrogen and oxygen atoms in total. The SMILES string of the molecule is N#C/C(=C/c1cc(Cl)c(OCc2cccc3ccccc23)c(Cl)c1)c1cccc([N+](=O)[O-])c1. The lowest BCUT2D eigenvalue weighted by Gasteiger charge is -2.13. The lowest BCUT2D eigenvalue weighted by atomic mass is 10.0. The van der Waals surface area contributed by atoms with Gasteiger partial charge in [-0.15, -0.1) is 0 Å². The fraction of sp³-hybridized carbons (Fsp3) is 0.0385. The molecule has 0 aliphatic carbocycles. The number of allylic oxidation sites excluding steroid dienone is 1. The summed E-state index contributed by atoms with van der Waals surface area (Å²) >= 11 is 12.9. The molecule has 0 fully saturated rings. The zero-order valence-electron chi connectivity index (χ0n) is 17.2. The molecule has 33 heavy (non-hydrogen) atoms. The Morgan fingerprint density at radius 2 is 1.70 bits per heavy atom. The maximum Gasteiger partial charge on any atom is 0.270 e. The van der Waals surface area contributed by atoms with Gasteiger partial charge in [-0.25, -0.2) is 0 Å². The minimum Gasteiger partial charge on any atom is -0.486 e. The molecule has 162 valence electrons. The van der Waals surface area contributed by atoms with E-state index in [-0.39, 0.29) is 17.9 Å². The third-order valence-electron chi connectivity index (χ3n) is 5.07. The van der Waals surface area contributed by atoms with Gasteiger partial charge >= 0.3 is 0 Å². The van der Waals surface area contributed by atoms with Crippen LogP contribution < -0.4 is 4.74 Å². The Balaban J connectivity index is 1.61. The number of fused-ring (bicyclic) bond motifs is 1. The largest absolute Gasteiger partial charge is 0.486 e. The molecule has 4 rings (SSSR count). The number of hydrogen-bond donors (Lipinski definition) is 0. The minimum absolute atomic E-state index is 0.0955. The van der Waals surface area contributed by atoms with Gasteiger partial charge in [0.25, 0.3) is 5.69 Å². The first-order valence-electron chi connectivity index (χ1n) is 9.91. The van der Waals surface area contributed by atoms with Crippen LogP contribution in [0.4, 0.5) is 5.69 Å². The van der Waals surface area contributed by atoms with Gasteiger partial charge in [0, 0.05) is 12.1 Å².